The number of Topliss-reactive ketones (excluding diaryl/α,β-unsaturated/α-hetero) is 2. The topological polar surface area (TPSA) is 180 Å². The van der Waals surface area contributed by atoms with Gasteiger partial charge in [-0.15, -0.1) is 0 Å². The number of benzene rings is 5. The van der Waals surface area contributed by atoms with Crippen molar-refractivity contribution < 1.29 is 46.6 Å². The van der Waals surface area contributed by atoms with Crippen molar-refractivity contribution in [3.05, 3.63) is 270 Å². The molecule has 0 bridgehead atoms. The molecule has 0 spiro atoms. The zero-order chi connectivity index (χ0) is 72.5. The average molecular weight is 1400 g/mol. The van der Waals surface area contributed by atoms with Gasteiger partial charge in [-0.25, -0.2) is 22.8 Å². The molecule has 14 rings (SSSR count). The Balaban J connectivity index is 0.000000160. The lowest BCUT2D eigenvalue weighted by Crippen LogP contribution is -2.40. The fourth-order valence-electron chi connectivity index (χ4n) is 13.8. The van der Waals surface area contributed by atoms with Crippen molar-refractivity contribution in [3.8, 4) is 44.8 Å². The van der Waals surface area contributed by atoms with Gasteiger partial charge in [-0.2, -0.15) is 0 Å². The number of halogens is 3. The summed E-state index contributed by atoms with van der Waals surface area (Å²) in [5.74, 6) is -1.16. The highest BCUT2D eigenvalue weighted by Crippen LogP contribution is 2.42. The van der Waals surface area contributed by atoms with Gasteiger partial charge in [-0.05, 0) is 239 Å². The lowest BCUT2D eigenvalue weighted by molar-refractivity contribution is -0.124. The lowest BCUT2D eigenvalue weighted by Gasteiger charge is -2.31. The van der Waals surface area contributed by atoms with Crippen LogP contribution in [0.15, 0.2) is 219 Å². The molecule has 2 N–H and O–H groups in total. The minimum Gasteiger partial charge on any atom is -0.445 e. The van der Waals surface area contributed by atoms with Crippen LogP contribution in [0.2, 0.25) is 0 Å². The molecule has 0 saturated carbocycles. The Bertz CT molecular complexity index is 4250. The highest BCUT2D eigenvalue weighted by molar-refractivity contribution is 6.03. The van der Waals surface area contributed by atoms with Crippen molar-refractivity contribution >= 4 is 23.8 Å². The third-order valence-electron chi connectivity index (χ3n) is 19.5. The molecule has 4 aliphatic rings. The van der Waals surface area contributed by atoms with Crippen LogP contribution >= 0.6 is 0 Å². The smallest absolute Gasteiger partial charge is 0.410 e. The summed E-state index contributed by atoms with van der Waals surface area (Å²) in [6.07, 6.45) is 17.5. The number of carbonyl (C=O) groups is 4. The lowest BCUT2D eigenvalue weighted by atomic mass is 9.82. The fourth-order valence-corrected chi connectivity index (χ4v) is 13.8. The number of ether oxygens (including phenoxy) is 3. The van der Waals surface area contributed by atoms with E-state index in [1.165, 1.54) is 98.2 Å². The average Bonchev–Trinajstić information content (AvgIpc) is 1.63. The number of amides is 2. The summed E-state index contributed by atoms with van der Waals surface area (Å²) in [5.41, 5.74) is 18.7. The minimum absolute atomic E-state index is 0.0143. The molecule has 10 aromatic rings. The Kier molecular flexibility index (Phi) is 27.8. The number of likely N-dealkylation sites (tertiary alicyclic amines) is 3. The molecule has 103 heavy (non-hydrogen) atoms. The molecule has 16 nitrogen and oxygen atoms in total. The number of ketones is 2. The molecule has 5 aromatic heterocycles. The van der Waals surface area contributed by atoms with Crippen LogP contribution in [0.4, 0.5) is 22.8 Å². The Hall–Kier alpha value is -10.3. The normalized spacial score (nSPS) is 15.1. The Morgan fingerprint density at radius 3 is 1.25 bits per heavy atom. The summed E-state index contributed by atoms with van der Waals surface area (Å²) in [5, 5.41) is 0. The third-order valence-corrected chi connectivity index (χ3v) is 19.5. The van der Waals surface area contributed by atoms with Crippen LogP contribution < -0.4 is 5.73 Å². The molecule has 0 radical (unpaired) electrons. The number of hydrogen-bond acceptors (Lipinski definition) is 12. The highest BCUT2D eigenvalue weighted by Gasteiger charge is 2.34. The van der Waals surface area contributed by atoms with E-state index >= 15 is 0 Å². The highest BCUT2D eigenvalue weighted by atomic mass is 19.1. The zero-order valence-corrected chi connectivity index (χ0v) is 59.2. The van der Waals surface area contributed by atoms with Gasteiger partial charge in [0.1, 0.15) is 36.4 Å². The summed E-state index contributed by atoms with van der Waals surface area (Å²) in [6, 6.07) is 54.1. The maximum absolute atomic E-state index is 13.6. The number of pyridine rings is 3. The first-order valence-electron chi connectivity index (χ1n) is 35.4. The zero-order valence-electron chi connectivity index (χ0n) is 59.2. The van der Waals surface area contributed by atoms with Crippen molar-refractivity contribution in [3.63, 3.8) is 0 Å². The third kappa shape index (κ3) is 20.7. The van der Waals surface area contributed by atoms with Crippen LogP contribution in [0, 0.1) is 23.4 Å². The molecule has 0 aliphatic carbocycles. The molecular formula is C84H92F3N9O7. The van der Waals surface area contributed by atoms with Crippen molar-refractivity contribution in [2.45, 2.75) is 88.8 Å². The second-order valence-electron chi connectivity index (χ2n) is 26.1. The minimum atomic E-state index is -0.676. The number of carbonyl (C=O) groups excluding carboxylic acids is 4. The van der Waals surface area contributed by atoms with E-state index in [1.54, 1.807) is 46.7 Å². The van der Waals surface area contributed by atoms with Crippen LogP contribution in [0.5, 0.6) is 0 Å². The summed E-state index contributed by atoms with van der Waals surface area (Å²) < 4.78 is 60.8. The molecule has 536 valence electrons. The van der Waals surface area contributed by atoms with E-state index in [0.29, 0.717) is 62.0 Å². The maximum atomic E-state index is 13.6. The monoisotopic (exact) mass is 1400 g/mol. The van der Waals surface area contributed by atoms with Gasteiger partial charge in [0.05, 0.1) is 17.3 Å². The molecule has 1 unspecified atom stereocenters. The fraction of sp³-hybridized carbons (Fsp3) is 0.321. The van der Waals surface area contributed by atoms with Crippen molar-refractivity contribution in [2.24, 2.45) is 25.7 Å². The Morgan fingerprint density at radius 2 is 0.854 bits per heavy atom. The number of nitrogens with zero attached hydrogens (tertiary/aromatic N) is 8. The summed E-state index contributed by atoms with van der Waals surface area (Å²) in [7, 11) is 7.89. The molecule has 4 aliphatic heterocycles. The van der Waals surface area contributed by atoms with E-state index in [9.17, 15) is 32.3 Å². The standard InChI is InChI=1S/C29H28FN3O2.C28H27FN2O4.C22H24FN3.C4H8O.CH5N/c1-32-27(23-13-17-33(18-14-23)29(34)35-20-21-5-3-2-4-6-21)19-26(22-11-15-31-16-12-22)28(32)24-7-9-25(30)10-8-24;29-24-8-6-23(7-9-24)27(33)25(21-10-14-30-15-11-21)18-26(32)22-12-16-31(17-13-22)28(34)35-19-20-4-2-1-3-5-20;1-25-13-9-17(10-14-25)21-15-20(16-7-11-24-12-8-16)22(26(21)2)18-3-5-19(23)6-4-18;1-2-4-5-3-1;1-2/h2-12,15-16,19,23H,13-14,17-18,20H2,1H3;1-11,14-15,22,25H,12-13,16-19H2;3-8,11-12,15,17H,9-10,13-14H2,1-2H3;1-4H2;2H2,1H3. The van der Waals surface area contributed by atoms with E-state index in [0.717, 1.165) is 89.5 Å². The van der Waals surface area contributed by atoms with Gasteiger partial charge in [-0.1, -0.05) is 60.7 Å². The van der Waals surface area contributed by atoms with Gasteiger partial charge in [0, 0.05) is 143 Å². The molecule has 4 saturated heterocycles. The number of piperidine rings is 3. The van der Waals surface area contributed by atoms with E-state index in [1.807, 2.05) is 122 Å². The van der Waals surface area contributed by atoms with Gasteiger partial charge in [0.25, 0.3) is 0 Å². The van der Waals surface area contributed by atoms with Crippen LogP contribution in [0.25, 0.3) is 44.8 Å². The van der Waals surface area contributed by atoms with E-state index in [-0.39, 0.29) is 60.9 Å². The maximum Gasteiger partial charge on any atom is 0.410 e. The summed E-state index contributed by atoms with van der Waals surface area (Å²) in [6.45, 7) is 6.91. The van der Waals surface area contributed by atoms with Crippen LogP contribution in [0.1, 0.15) is 114 Å². The van der Waals surface area contributed by atoms with Crippen LogP contribution in [-0.4, -0.2) is 129 Å². The molecule has 4 fully saturated rings. The van der Waals surface area contributed by atoms with Gasteiger partial charge in [0.15, 0.2) is 5.78 Å². The van der Waals surface area contributed by atoms with Crippen molar-refractivity contribution in [1.29, 1.82) is 0 Å². The predicted octanol–water partition coefficient (Wildman–Crippen LogP) is 16.7. The number of hydrogen-bond donors (Lipinski definition) is 1. The molecular weight excluding hydrogens is 1300 g/mol. The molecule has 5 aromatic carbocycles. The first kappa shape index (κ1) is 75.3. The van der Waals surface area contributed by atoms with Crippen LogP contribution in [-0.2, 0) is 46.3 Å². The van der Waals surface area contributed by atoms with Gasteiger partial charge < -0.3 is 43.8 Å². The SMILES string of the molecule is C1CCOC1.CN.CN1CCC(c2cc(-c3ccncc3)c(-c3ccc(F)cc3)n2C)CC1.Cn1c(C2CCN(C(=O)OCc3ccccc3)CC2)cc(-c2ccncc2)c1-c1ccc(F)cc1.O=C(CC(C(=O)c1ccc(F)cc1)c1ccncc1)C1CCN(C(=O)OCc2ccccc2)CC1. The Labute approximate surface area is 602 Å². The predicted molar refractivity (Wildman–Crippen MR) is 396 cm³/mol. The number of nitrogens with two attached hydrogens (primary N) is 1. The number of aromatic nitrogens is 5. The Morgan fingerprint density at radius 1 is 0.476 bits per heavy atom. The van der Waals surface area contributed by atoms with Crippen molar-refractivity contribution in [1.82, 2.24) is 38.8 Å². The van der Waals surface area contributed by atoms with Gasteiger partial charge >= 0.3 is 12.2 Å². The second kappa shape index (κ2) is 38.1. The van der Waals surface area contributed by atoms with E-state index in [2.05, 4.69) is 68.0 Å². The first-order chi connectivity index (χ1) is 50.2. The second-order valence-corrected chi connectivity index (χ2v) is 26.1. The van der Waals surface area contributed by atoms with E-state index < -0.39 is 11.7 Å². The van der Waals surface area contributed by atoms with Crippen LogP contribution in [0.3, 0.4) is 0 Å². The molecule has 19 heteroatoms. The van der Waals surface area contributed by atoms with E-state index in [4.69, 9.17) is 14.2 Å². The summed E-state index contributed by atoms with van der Waals surface area (Å²) >= 11 is 0. The molecule has 9 heterocycles. The van der Waals surface area contributed by atoms with Gasteiger partial charge in [-0.3, -0.25) is 24.5 Å². The first-order valence-corrected chi connectivity index (χ1v) is 35.4. The quantitative estimate of drug-likeness (QED) is 0.0906. The number of rotatable bonds is 16. The largest absolute Gasteiger partial charge is 0.445 e. The molecule has 1 atom stereocenters. The van der Waals surface area contributed by atoms with Gasteiger partial charge in [0.2, 0.25) is 0 Å². The molecule has 2 amide bonds. The van der Waals surface area contributed by atoms with Crippen molar-refractivity contribution in [2.75, 3.05) is 66.6 Å². The summed E-state index contributed by atoms with van der Waals surface area (Å²) in [4.78, 5) is 69.6.